The zero-order valence-electron chi connectivity index (χ0n) is 17.1. The lowest BCUT2D eigenvalue weighted by Gasteiger charge is -2.33. The first-order chi connectivity index (χ1) is 15.6. The van der Waals surface area contributed by atoms with Crippen molar-refractivity contribution in [2.24, 2.45) is 0 Å². The van der Waals surface area contributed by atoms with Crippen LogP contribution in [-0.4, -0.2) is 53.7 Å². The molecule has 0 radical (unpaired) electrons. The van der Waals surface area contributed by atoms with Crippen LogP contribution in [0.5, 0.6) is 5.75 Å². The number of fused-ring (bicyclic) bond motifs is 3. The number of amides is 1. The van der Waals surface area contributed by atoms with E-state index in [1.807, 2.05) is 0 Å². The molecule has 1 aliphatic heterocycles. The molecular formula is C22H18FN7O2. The third-order valence-electron chi connectivity index (χ3n) is 5.88. The van der Waals surface area contributed by atoms with E-state index in [9.17, 15) is 9.18 Å². The molecule has 0 fully saturated rings. The van der Waals surface area contributed by atoms with Crippen LogP contribution in [0, 0.1) is 5.95 Å². The topological polar surface area (TPSA) is 92.8 Å². The fraction of sp³-hybridized carbons (Fsp3) is 0.182. The van der Waals surface area contributed by atoms with Gasteiger partial charge in [0.25, 0.3) is 5.91 Å². The highest BCUT2D eigenvalue weighted by Gasteiger charge is 2.37. The summed E-state index contributed by atoms with van der Waals surface area (Å²) in [5.74, 6) is -0.0223. The van der Waals surface area contributed by atoms with E-state index in [1.165, 1.54) is 10.6 Å². The van der Waals surface area contributed by atoms with Crippen molar-refractivity contribution in [3.63, 3.8) is 0 Å². The molecule has 10 heteroatoms. The average molecular weight is 431 g/mol. The third kappa shape index (κ3) is 2.69. The number of hydrogen-bond donors (Lipinski definition) is 1. The number of aromatic nitrogens is 6. The van der Waals surface area contributed by atoms with Crippen molar-refractivity contribution in [2.45, 2.75) is 12.5 Å². The molecule has 1 atom stereocenters. The van der Waals surface area contributed by atoms with Gasteiger partial charge in [0.1, 0.15) is 11.8 Å². The lowest BCUT2D eigenvalue weighted by atomic mass is 9.98. The van der Waals surface area contributed by atoms with Crippen molar-refractivity contribution in [2.75, 3.05) is 13.7 Å². The smallest absolute Gasteiger partial charge is 0.258 e. The molecule has 1 N–H and O–H groups in total. The first kappa shape index (κ1) is 18.6. The fourth-order valence-corrected chi connectivity index (χ4v) is 4.34. The molecule has 0 aromatic carbocycles. The molecule has 5 aromatic rings. The number of nitrogens with one attached hydrogen (secondary N) is 1. The Morgan fingerprint density at radius 2 is 2.19 bits per heavy atom. The Morgan fingerprint density at radius 1 is 1.28 bits per heavy atom. The summed E-state index contributed by atoms with van der Waals surface area (Å²) in [7, 11) is 1.58. The highest BCUT2D eigenvalue weighted by Crippen LogP contribution is 2.35. The molecule has 0 saturated carbocycles. The molecule has 9 nitrogen and oxygen atoms in total. The van der Waals surface area contributed by atoms with Crippen molar-refractivity contribution in [1.82, 2.24) is 34.1 Å². The molecule has 32 heavy (non-hydrogen) atoms. The van der Waals surface area contributed by atoms with E-state index in [1.54, 1.807) is 65.6 Å². The first-order valence-electron chi connectivity index (χ1n) is 10.1. The summed E-state index contributed by atoms with van der Waals surface area (Å²) in [6, 6.07) is 9.59. The number of H-pyrrole nitrogens is 1. The van der Waals surface area contributed by atoms with Gasteiger partial charge in [-0.2, -0.15) is 14.6 Å². The van der Waals surface area contributed by atoms with Crippen LogP contribution in [0.2, 0.25) is 0 Å². The number of methoxy groups -OCH3 is 1. The van der Waals surface area contributed by atoms with E-state index in [4.69, 9.17) is 4.74 Å². The molecule has 1 unspecified atom stereocenters. The maximum atomic E-state index is 14.3. The van der Waals surface area contributed by atoms with Crippen LogP contribution in [0.25, 0.3) is 11.0 Å². The minimum absolute atomic E-state index is 0.193. The number of pyridine rings is 2. The quantitative estimate of drug-likeness (QED) is 0.444. The van der Waals surface area contributed by atoms with Gasteiger partial charge < -0.3 is 14.6 Å². The highest BCUT2D eigenvalue weighted by atomic mass is 19.1. The number of carbonyl (C=O) groups excluding carboxylic acids is 1. The molecule has 1 aliphatic rings. The van der Waals surface area contributed by atoms with Gasteiger partial charge in [-0.1, -0.05) is 6.07 Å². The summed E-state index contributed by atoms with van der Waals surface area (Å²) in [6.45, 7) is 0.461. The molecule has 6 heterocycles. The van der Waals surface area contributed by atoms with Crippen LogP contribution in [0.4, 0.5) is 4.39 Å². The van der Waals surface area contributed by atoms with E-state index in [0.29, 0.717) is 46.7 Å². The van der Waals surface area contributed by atoms with Gasteiger partial charge in [-0.15, -0.1) is 0 Å². The Labute approximate surface area is 181 Å². The van der Waals surface area contributed by atoms with E-state index in [0.717, 1.165) is 5.69 Å². The number of nitrogens with zero attached hydrogens (tertiary/aromatic N) is 6. The zero-order valence-corrected chi connectivity index (χ0v) is 17.1. The minimum Gasteiger partial charge on any atom is -0.495 e. The number of carbonyl (C=O) groups is 1. The van der Waals surface area contributed by atoms with Crippen molar-refractivity contribution in [3.05, 3.63) is 83.7 Å². The highest BCUT2D eigenvalue weighted by molar-refractivity contribution is 6.01. The Hall–Kier alpha value is -4.21. The Bertz CT molecular complexity index is 1480. The number of aromatic amines is 1. The predicted octanol–water partition coefficient (Wildman–Crippen LogP) is 2.64. The number of imidazole rings is 1. The largest absolute Gasteiger partial charge is 0.495 e. The summed E-state index contributed by atoms with van der Waals surface area (Å²) in [6.07, 6.45) is 5.52. The van der Waals surface area contributed by atoms with Gasteiger partial charge in [0.2, 0.25) is 5.95 Å². The molecule has 6 rings (SSSR count). The standard InChI is InChI=1S/C22H18FN7O2/c1-32-14-5-6-18-15(10-26-29(18)11-14)22(31)28-8-7-16-20(25-12-24-16)21(28)17-9-13-3-2-4-19(23)30(13)27-17/h2-6,9-12,21H,7-8H2,1H3,(H,24,25). The predicted molar refractivity (Wildman–Crippen MR) is 112 cm³/mol. The average Bonchev–Trinajstić information content (AvgIpc) is 3.55. The van der Waals surface area contributed by atoms with Gasteiger partial charge in [-0.05, 0) is 30.3 Å². The van der Waals surface area contributed by atoms with Crippen LogP contribution in [0.15, 0.2) is 55.1 Å². The minimum atomic E-state index is -0.551. The number of halogens is 1. The summed E-state index contributed by atoms with van der Waals surface area (Å²) in [5.41, 5.74) is 3.95. The van der Waals surface area contributed by atoms with Crippen molar-refractivity contribution in [3.8, 4) is 5.75 Å². The molecule has 1 amide bonds. The van der Waals surface area contributed by atoms with Crippen LogP contribution >= 0.6 is 0 Å². The zero-order chi connectivity index (χ0) is 21.8. The second kappa shape index (κ2) is 6.91. The molecule has 160 valence electrons. The SMILES string of the molecule is COc1ccc2c(C(=O)N3CCc4[nH]cnc4C3c3cc4cccc(F)n4n3)cnn2c1. The van der Waals surface area contributed by atoms with Crippen molar-refractivity contribution in [1.29, 1.82) is 0 Å². The lowest BCUT2D eigenvalue weighted by molar-refractivity contribution is 0.0689. The fourth-order valence-electron chi connectivity index (χ4n) is 4.34. The number of rotatable bonds is 3. The maximum absolute atomic E-state index is 14.3. The normalized spacial score (nSPS) is 15.9. The molecular weight excluding hydrogens is 413 g/mol. The first-order valence-corrected chi connectivity index (χ1v) is 10.1. The molecule has 0 saturated heterocycles. The Kier molecular flexibility index (Phi) is 4.00. The molecule has 0 bridgehead atoms. The van der Waals surface area contributed by atoms with E-state index < -0.39 is 12.0 Å². The van der Waals surface area contributed by atoms with E-state index >= 15 is 0 Å². The summed E-state index contributed by atoms with van der Waals surface area (Å²) in [5, 5.41) is 8.79. The van der Waals surface area contributed by atoms with Crippen molar-refractivity contribution < 1.29 is 13.9 Å². The van der Waals surface area contributed by atoms with Gasteiger partial charge in [-0.3, -0.25) is 4.79 Å². The maximum Gasteiger partial charge on any atom is 0.258 e. The van der Waals surface area contributed by atoms with Gasteiger partial charge in [0.15, 0.2) is 0 Å². The van der Waals surface area contributed by atoms with E-state index in [2.05, 4.69) is 20.2 Å². The summed E-state index contributed by atoms with van der Waals surface area (Å²) in [4.78, 5) is 23.1. The van der Waals surface area contributed by atoms with Crippen LogP contribution < -0.4 is 4.74 Å². The summed E-state index contributed by atoms with van der Waals surface area (Å²) < 4.78 is 22.4. The molecule has 0 spiro atoms. The summed E-state index contributed by atoms with van der Waals surface area (Å²) >= 11 is 0. The van der Waals surface area contributed by atoms with Gasteiger partial charge >= 0.3 is 0 Å². The molecule has 0 aliphatic carbocycles. The molecule has 5 aromatic heterocycles. The second-order valence-corrected chi connectivity index (χ2v) is 7.63. The number of hydrogen-bond acceptors (Lipinski definition) is 5. The van der Waals surface area contributed by atoms with Crippen LogP contribution in [0.1, 0.15) is 33.5 Å². The monoisotopic (exact) mass is 431 g/mol. The second-order valence-electron chi connectivity index (χ2n) is 7.63. The van der Waals surface area contributed by atoms with Gasteiger partial charge in [0, 0.05) is 18.7 Å². The Morgan fingerprint density at radius 3 is 3.03 bits per heavy atom. The van der Waals surface area contributed by atoms with E-state index in [-0.39, 0.29) is 5.91 Å². The van der Waals surface area contributed by atoms with Gasteiger partial charge in [-0.25, -0.2) is 14.0 Å². The Balaban J connectivity index is 1.47. The van der Waals surface area contributed by atoms with Crippen LogP contribution in [0.3, 0.4) is 0 Å². The van der Waals surface area contributed by atoms with Gasteiger partial charge in [0.05, 0.1) is 53.8 Å². The number of ether oxygens (including phenoxy) is 1. The third-order valence-corrected chi connectivity index (χ3v) is 5.88. The van der Waals surface area contributed by atoms with Crippen LogP contribution in [-0.2, 0) is 6.42 Å². The lowest BCUT2D eigenvalue weighted by Crippen LogP contribution is -2.41. The van der Waals surface area contributed by atoms with Crippen molar-refractivity contribution >= 4 is 16.9 Å².